The molecule has 2 aliphatic heterocycles. The average molecular weight is 603 g/mol. The summed E-state index contributed by atoms with van der Waals surface area (Å²) in [4.78, 5) is 17.5. The summed E-state index contributed by atoms with van der Waals surface area (Å²) in [7, 11) is 0. The number of hydrogen-bond donors (Lipinski definition) is 1. The molecule has 7 heteroatoms. The van der Waals surface area contributed by atoms with Crippen molar-refractivity contribution in [3.63, 3.8) is 0 Å². The van der Waals surface area contributed by atoms with Gasteiger partial charge in [0.25, 0.3) is 0 Å². The van der Waals surface area contributed by atoms with E-state index in [2.05, 4.69) is 40.2 Å². The summed E-state index contributed by atoms with van der Waals surface area (Å²) in [5.41, 5.74) is 5.40. The molecule has 3 heterocycles. The summed E-state index contributed by atoms with van der Waals surface area (Å²) < 4.78 is 17.7. The van der Waals surface area contributed by atoms with Crippen LogP contribution in [-0.4, -0.2) is 47.6 Å². The number of carbonyl (C=O) groups is 1. The Morgan fingerprint density at radius 2 is 1.92 bits per heavy atom. The fraction of sp³-hybridized carbons (Fsp3) is 0.562. The van der Waals surface area contributed by atoms with Crippen LogP contribution in [0.2, 0.25) is 0 Å². The third-order valence-corrected chi connectivity index (χ3v) is 7.25. The molecule has 39 heavy (non-hydrogen) atoms. The molecule has 2 aliphatic rings. The van der Waals surface area contributed by atoms with Crippen molar-refractivity contribution in [2.24, 2.45) is 5.92 Å². The highest BCUT2D eigenvalue weighted by atomic mass is 79.9. The van der Waals surface area contributed by atoms with E-state index in [-0.39, 0.29) is 18.5 Å². The number of rotatable bonds is 7. The quantitative estimate of drug-likeness (QED) is 0.337. The zero-order valence-corrected chi connectivity index (χ0v) is 25.9. The van der Waals surface area contributed by atoms with Gasteiger partial charge in [0, 0.05) is 24.5 Å². The molecule has 214 valence electrons. The Balaban J connectivity index is 0.000000771. The van der Waals surface area contributed by atoms with E-state index in [0.717, 1.165) is 90.2 Å². The molecule has 0 radical (unpaired) electrons. The van der Waals surface area contributed by atoms with Crippen molar-refractivity contribution in [3.8, 4) is 16.9 Å². The van der Waals surface area contributed by atoms with Crippen LogP contribution in [0.4, 0.5) is 0 Å². The normalized spacial score (nSPS) is 15.9. The summed E-state index contributed by atoms with van der Waals surface area (Å²) in [5.74, 6) is 1.38. The van der Waals surface area contributed by atoms with E-state index in [4.69, 9.17) is 24.3 Å². The molecule has 0 amide bonds. The maximum Gasteiger partial charge on any atom is 0.310 e. The number of aryl methyl sites for hydroxylation is 2. The summed E-state index contributed by atoms with van der Waals surface area (Å²) in [6.45, 7) is 13.4. The molecule has 0 aliphatic carbocycles. The second-order valence-corrected chi connectivity index (χ2v) is 12.4. The van der Waals surface area contributed by atoms with Crippen molar-refractivity contribution >= 4 is 28.0 Å². The molecule has 1 fully saturated rings. The van der Waals surface area contributed by atoms with Crippen LogP contribution in [0.3, 0.4) is 0 Å². The Kier molecular flexibility index (Phi) is 11.6. The summed E-state index contributed by atoms with van der Waals surface area (Å²) in [6, 6.07) is 6.32. The van der Waals surface area contributed by atoms with Crippen LogP contribution in [0.25, 0.3) is 17.2 Å². The lowest BCUT2D eigenvalue weighted by Gasteiger charge is -2.21. The number of allylic oxidation sites excluding steroid dienone is 1. The van der Waals surface area contributed by atoms with Crippen LogP contribution in [0.5, 0.6) is 5.75 Å². The molecular weight excluding hydrogens is 558 g/mol. The zero-order chi connectivity index (χ0) is 28.6. The predicted octanol–water partition coefficient (Wildman–Crippen LogP) is 7.25. The number of aliphatic hydroxyl groups is 1. The minimum absolute atomic E-state index is 0.152. The third kappa shape index (κ3) is 10.0. The van der Waals surface area contributed by atoms with Crippen LogP contribution in [0.1, 0.15) is 82.8 Å². The van der Waals surface area contributed by atoms with Gasteiger partial charge in [0.1, 0.15) is 5.75 Å². The molecule has 4 rings (SSSR count). The standard InChI is InChI=1S/C28H34BrNO4.C4H10O/c1-18(2)34-26(31)17-23-19(3)30-24(8-4-6-20-11-14-32-15-12-20)28(29)27(23)22-9-10-25-21(16-22)7-5-13-33-25;1-4(2,3)5/h4,8-10,16,18,20H,5-7,11-15,17H2,1-3H3;5H,1-3H3/b8-4+;. The van der Waals surface area contributed by atoms with Gasteiger partial charge in [0.15, 0.2) is 0 Å². The number of aromatic nitrogens is 1. The highest BCUT2D eigenvalue weighted by Crippen LogP contribution is 2.39. The first-order valence-electron chi connectivity index (χ1n) is 14.0. The van der Waals surface area contributed by atoms with Crippen LogP contribution in [-0.2, 0) is 27.1 Å². The lowest BCUT2D eigenvalue weighted by Crippen LogP contribution is -2.16. The molecule has 1 N–H and O–H groups in total. The maximum atomic E-state index is 12.6. The first kappa shape index (κ1) is 31.3. The van der Waals surface area contributed by atoms with Crippen molar-refractivity contribution in [2.45, 2.75) is 91.8 Å². The molecule has 1 aromatic carbocycles. The van der Waals surface area contributed by atoms with Gasteiger partial charge in [-0.1, -0.05) is 12.1 Å². The van der Waals surface area contributed by atoms with Crippen LogP contribution in [0, 0.1) is 12.8 Å². The van der Waals surface area contributed by atoms with Gasteiger partial charge >= 0.3 is 5.97 Å². The molecule has 0 atom stereocenters. The molecule has 0 saturated carbocycles. The van der Waals surface area contributed by atoms with Crippen molar-refractivity contribution in [1.82, 2.24) is 4.98 Å². The van der Waals surface area contributed by atoms with Gasteiger partial charge in [0.2, 0.25) is 0 Å². The van der Waals surface area contributed by atoms with E-state index < -0.39 is 5.60 Å². The highest BCUT2D eigenvalue weighted by Gasteiger charge is 2.22. The predicted molar refractivity (Wildman–Crippen MR) is 160 cm³/mol. The van der Waals surface area contributed by atoms with E-state index in [9.17, 15) is 4.79 Å². The summed E-state index contributed by atoms with van der Waals surface area (Å²) in [6.07, 6.45) is 9.60. The number of halogens is 1. The second kappa shape index (κ2) is 14.4. The van der Waals surface area contributed by atoms with Crippen molar-refractivity contribution in [3.05, 3.63) is 51.3 Å². The maximum absolute atomic E-state index is 12.6. The van der Waals surface area contributed by atoms with Crippen molar-refractivity contribution < 1.29 is 24.1 Å². The Morgan fingerprint density at radius 3 is 2.59 bits per heavy atom. The van der Waals surface area contributed by atoms with Crippen LogP contribution < -0.4 is 4.74 Å². The second-order valence-electron chi connectivity index (χ2n) is 11.6. The number of pyridine rings is 1. The van der Waals surface area contributed by atoms with E-state index in [1.807, 2.05) is 26.8 Å². The minimum atomic E-state index is -0.500. The number of benzene rings is 1. The number of hydrogen-bond acceptors (Lipinski definition) is 6. The molecule has 1 saturated heterocycles. The molecule has 0 bridgehead atoms. The van der Waals surface area contributed by atoms with Gasteiger partial charge in [0.05, 0.1) is 34.9 Å². The van der Waals surface area contributed by atoms with Gasteiger partial charge < -0.3 is 19.3 Å². The molecule has 6 nitrogen and oxygen atoms in total. The number of carbonyl (C=O) groups excluding carboxylic acids is 1. The van der Waals surface area contributed by atoms with Gasteiger partial charge in [-0.25, -0.2) is 0 Å². The lowest BCUT2D eigenvalue weighted by molar-refractivity contribution is -0.146. The first-order chi connectivity index (χ1) is 18.4. The first-order valence-corrected chi connectivity index (χ1v) is 14.8. The zero-order valence-electron chi connectivity index (χ0n) is 24.3. The fourth-order valence-corrected chi connectivity index (χ4v) is 5.37. The van der Waals surface area contributed by atoms with Crippen LogP contribution >= 0.6 is 15.9 Å². The largest absolute Gasteiger partial charge is 0.493 e. The molecule has 2 aromatic rings. The van der Waals surface area contributed by atoms with Crippen molar-refractivity contribution in [2.75, 3.05) is 19.8 Å². The Hall–Kier alpha value is -2.22. The highest BCUT2D eigenvalue weighted by molar-refractivity contribution is 9.10. The van der Waals surface area contributed by atoms with Crippen LogP contribution in [0.15, 0.2) is 28.7 Å². The Bertz CT molecular complexity index is 1140. The number of fused-ring (bicyclic) bond motifs is 1. The van der Waals surface area contributed by atoms with Gasteiger partial charge in [-0.3, -0.25) is 9.78 Å². The number of nitrogens with zero attached hydrogens (tertiary/aromatic N) is 1. The minimum Gasteiger partial charge on any atom is -0.493 e. The van der Waals surface area contributed by atoms with E-state index in [0.29, 0.717) is 5.92 Å². The number of ether oxygens (including phenoxy) is 3. The molecule has 1 aromatic heterocycles. The SMILES string of the molecule is CC(C)(C)O.Cc1nc(/C=C/CC2CCOCC2)c(Br)c(-c2ccc3c(c2)CCCO3)c1CC(=O)OC(C)C. The van der Waals surface area contributed by atoms with Gasteiger partial charge in [-0.05, 0) is 130 Å². The van der Waals surface area contributed by atoms with E-state index >= 15 is 0 Å². The Labute approximate surface area is 242 Å². The fourth-order valence-electron chi connectivity index (χ4n) is 4.69. The molecule has 0 spiro atoms. The van der Waals surface area contributed by atoms with Gasteiger partial charge in [-0.15, -0.1) is 0 Å². The summed E-state index contributed by atoms with van der Waals surface area (Å²) in [5, 5.41) is 8.52. The molecular formula is C32H44BrNO5. The smallest absolute Gasteiger partial charge is 0.310 e. The lowest BCUT2D eigenvalue weighted by atomic mass is 9.93. The van der Waals surface area contributed by atoms with Gasteiger partial charge in [-0.2, -0.15) is 0 Å². The monoisotopic (exact) mass is 601 g/mol. The topological polar surface area (TPSA) is 77.9 Å². The average Bonchev–Trinajstić information content (AvgIpc) is 2.86. The Morgan fingerprint density at radius 1 is 1.23 bits per heavy atom. The van der Waals surface area contributed by atoms with Crippen molar-refractivity contribution in [1.29, 1.82) is 0 Å². The number of esters is 1. The summed E-state index contributed by atoms with van der Waals surface area (Å²) >= 11 is 3.85. The third-order valence-electron chi connectivity index (χ3n) is 6.44. The van der Waals surface area contributed by atoms with E-state index in [1.54, 1.807) is 20.8 Å². The van der Waals surface area contributed by atoms with E-state index in [1.165, 1.54) is 5.56 Å². The molecule has 0 unspecified atom stereocenters.